The quantitative estimate of drug-likeness (QED) is 0.701. The number of benzene rings is 2. The average Bonchev–Trinajstić information content (AvgIpc) is 2.92. The molecule has 6 nitrogen and oxygen atoms in total. The topological polar surface area (TPSA) is 81.1 Å². The molecule has 2 aromatic carbocycles. The van der Waals surface area contributed by atoms with Crippen LogP contribution >= 0.6 is 11.8 Å². The fraction of sp³-hybridized carbons (Fsp3) is 0.222. The lowest BCUT2D eigenvalue weighted by atomic mass is 10.3. The van der Waals surface area contributed by atoms with Crippen molar-refractivity contribution in [3.8, 4) is 0 Å². The second kappa shape index (κ2) is 7.51. The molecule has 3 rings (SSSR count). The van der Waals surface area contributed by atoms with Gasteiger partial charge in [0.1, 0.15) is 12.4 Å². The molecular weight excluding hydrogens is 370 g/mol. The molecule has 0 radical (unpaired) electrons. The van der Waals surface area contributed by atoms with Crippen LogP contribution in [0.5, 0.6) is 0 Å². The summed E-state index contributed by atoms with van der Waals surface area (Å²) in [6, 6.07) is 13.9. The van der Waals surface area contributed by atoms with Crippen LogP contribution in [-0.2, 0) is 26.9 Å². The summed E-state index contributed by atoms with van der Waals surface area (Å²) in [5.74, 6) is 1.37. The minimum atomic E-state index is -3.25. The van der Waals surface area contributed by atoms with Gasteiger partial charge in [0.25, 0.3) is 0 Å². The number of fused-ring (bicyclic) bond motifs is 1. The number of rotatable bonds is 6. The number of thioether (sulfide) groups is 1. The summed E-state index contributed by atoms with van der Waals surface area (Å²) in [6.45, 7) is 0.143. The first-order chi connectivity index (χ1) is 12.4. The first-order valence-electron chi connectivity index (χ1n) is 7.91. The van der Waals surface area contributed by atoms with Crippen LogP contribution in [0.15, 0.2) is 53.4 Å². The normalized spacial score (nSPS) is 11.6. The third kappa shape index (κ3) is 4.08. The van der Waals surface area contributed by atoms with Crippen LogP contribution < -0.4 is 5.32 Å². The third-order valence-corrected chi connectivity index (χ3v) is 5.55. The lowest BCUT2D eigenvalue weighted by Gasteiger charge is -2.10. The SMILES string of the molecule is CSCc1nc2ccccc2n1CC(=O)Nc1ccc(S(C)(=O)=O)cc1. The zero-order valence-electron chi connectivity index (χ0n) is 14.5. The van der Waals surface area contributed by atoms with E-state index in [0.717, 1.165) is 23.1 Å². The van der Waals surface area contributed by atoms with Crippen molar-refractivity contribution in [1.82, 2.24) is 9.55 Å². The molecule has 1 heterocycles. The standard InChI is InChI=1S/C18H19N3O3S2/c1-25-12-17-20-15-5-3-4-6-16(15)21(17)11-18(22)19-13-7-9-14(10-8-13)26(2,23)24/h3-10H,11-12H2,1-2H3,(H,19,22). The fourth-order valence-electron chi connectivity index (χ4n) is 2.67. The van der Waals surface area contributed by atoms with Crippen molar-refractivity contribution in [3.63, 3.8) is 0 Å². The van der Waals surface area contributed by atoms with E-state index in [1.165, 1.54) is 12.1 Å². The maximum atomic E-state index is 12.5. The number of anilines is 1. The second-order valence-electron chi connectivity index (χ2n) is 5.88. The van der Waals surface area contributed by atoms with Crippen molar-refractivity contribution in [1.29, 1.82) is 0 Å². The molecule has 0 aliphatic heterocycles. The van der Waals surface area contributed by atoms with Gasteiger partial charge in [0.15, 0.2) is 9.84 Å². The summed E-state index contributed by atoms with van der Waals surface area (Å²) in [6.07, 6.45) is 3.14. The van der Waals surface area contributed by atoms with Crippen LogP contribution in [0.2, 0.25) is 0 Å². The van der Waals surface area contributed by atoms with Gasteiger partial charge in [-0.15, -0.1) is 0 Å². The molecule has 0 saturated heterocycles. The Morgan fingerprint density at radius 2 is 1.85 bits per heavy atom. The Labute approximate surface area is 156 Å². The van der Waals surface area contributed by atoms with E-state index in [1.54, 1.807) is 23.9 Å². The maximum Gasteiger partial charge on any atom is 0.244 e. The van der Waals surface area contributed by atoms with E-state index in [0.29, 0.717) is 11.4 Å². The third-order valence-electron chi connectivity index (χ3n) is 3.87. The highest BCUT2D eigenvalue weighted by Crippen LogP contribution is 2.19. The van der Waals surface area contributed by atoms with E-state index in [1.807, 2.05) is 35.1 Å². The molecule has 1 aromatic heterocycles. The van der Waals surface area contributed by atoms with Crippen LogP contribution in [-0.4, -0.2) is 36.4 Å². The maximum absolute atomic E-state index is 12.5. The molecule has 0 aliphatic carbocycles. The number of hydrogen-bond donors (Lipinski definition) is 1. The van der Waals surface area contributed by atoms with Gasteiger partial charge in [0.2, 0.25) is 5.91 Å². The van der Waals surface area contributed by atoms with Crippen molar-refractivity contribution in [2.45, 2.75) is 17.2 Å². The smallest absolute Gasteiger partial charge is 0.244 e. The summed E-state index contributed by atoms with van der Waals surface area (Å²) in [5, 5.41) is 2.80. The van der Waals surface area contributed by atoms with Gasteiger partial charge in [-0.05, 0) is 42.7 Å². The molecule has 0 unspecified atom stereocenters. The lowest BCUT2D eigenvalue weighted by molar-refractivity contribution is -0.116. The van der Waals surface area contributed by atoms with Gasteiger partial charge in [-0.25, -0.2) is 13.4 Å². The fourth-order valence-corrected chi connectivity index (χ4v) is 3.78. The minimum Gasteiger partial charge on any atom is -0.325 e. The van der Waals surface area contributed by atoms with Gasteiger partial charge in [-0.3, -0.25) is 4.79 Å². The van der Waals surface area contributed by atoms with Gasteiger partial charge in [-0.2, -0.15) is 11.8 Å². The van der Waals surface area contributed by atoms with Crippen LogP contribution in [0.25, 0.3) is 11.0 Å². The van der Waals surface area contributed by atoms with E-state index in [-0.39, 0.29) is 17.3 Å². The first-order valence-corrected chi connectivity index (χ1v) is 11.2. The Balaban J connectivity index is 1.80. The molecule has 3 aromatic rings. The highest BCUT2D eigenvalue weighted by molar-refractivity contribution is 7.97. The Bertz CT molecular complexity index is 1040. The number of sulfone groups is 1. The number of aromatic nitrogens is 2. The first kappa shape index (κ1) is 18.5. The average molecular weight is 390 g/mol. The highest BCUT2D eigenvalue weighted by atomic mass is 32.2. The van der Waals surface area contributed by atoms with E-state index in [2.05, 4.69) is 10.3 Å². The molecule has 0 aliphatic rings. The van der Waals surface area contributed by atoms with Crippen molar-refractivity contribution in [3.05, 3.63) is 54.4 Å². The molecule has 0 spiro atoms. The Hall–Kier alpha value is -2.32. The summed E-state index contributed by atoms with van der Waals surface area (Å²) in [4.78, 5) is 17.3. The van der Waals surface area contributed by atoms with Crippen LogP contribution in [0.4, 0.5) is 5.69 Å². The van der Waals surface area contributed by atoms with Crippen LogP contribution in [0.3, 0.4) is 0 Å². The molecule has 0 bridgehead atoms. The number of para-hydroxylation sites is 2. The summed E-state index contributed by atoms with van der Waals surface area (Å²) in [7, 11) is -3.25. The Kier molecular flexibility index (Phi) is 5.33. The summed E-state index contributed by atoms with van der Waals surface area (Å²) >= 11 is 1.65. The number of nitrogens with zero attached hydrogens (tertiary/aromatic N) is 2. The number of amides is 1. The van der Waals surface area contributed by atoms with Crippen molar-refractivity contribution in [2.75, 3.05) is 17.8 Å². The summed E-state index contributed by atoms with van der Waals surface area (Å²) in [5.41, 5.74) is 2.33. The largest absolute Gasteiger partial charge is 0.325 e. The Morgan fingerprint density at radius 1 is 1.15 bits per heavy atom. The van der Waals surface area contributed by atoms with E-state index >= 15 is 0 Å². The van der Waals surface area contributed by atoms with E-state index < -0.39 is 9.84 Å². The van der Waals surface area contributed by atoms with Gasteiger partial charge in [0.05, 0.1) is 21.7 Å². The van der Waals surface area contributed by atoms with Crippen molar-refractivity contribution in [2.24, 2.45) is 0 Å². The number of nitrogens with one attached hydrogen (secondary N) is 1. The monoisotopic (exact) mass is 389 g/mol. The highest BCUT2D eigenvalue weighted by Gasteiger charge is 2.14. The molecular formula is C18H19N3O3S2. The number of carbonyl (C=O) groups is 1. The molecule has 0 saturated carbocycles. The van der Waals surface area contributed by atoms with Gasteiger partial charge in [0, 0.05) is 11.9 Å². The zero-order chi connectivity index (χ0) is 18.7. The van der Waals surface area contributed by atoms with Gasteiger partial charge in [-0.1, -0.05) is 12.1 Å². The molecule has 8 heteroatoms. The molecule has 0 fully saturated rings. The van der Waals surface area contributed by atoms with Gasteiger partial charge < -0.3 is 9.88 Å². The molecule has 26 heavy (non-hydrogen) atoms. The number of imidazole rings is 1. The van der Waals surface area contributed by atoms with Crippen molar-refractivity contribution >= 4 is 44.2 Å². The molecule has 136 valence electrons. The summed E-state index contributed by atoms with van der Waals surface area (Å²) < 4.78 is 24.9. The van der Waals surface area contributed by atoms with Gasteiger partial charge >= 0.3 is 0 Å². The zero-order valence-corrected chi connectivity index (χ0v) is 16.1. The number of carbonyl (C=O) groups excluding carboxylic acids is 1. The Morgan fingerprint density at radius 3 is 2.50 bits per heavy atom. The predicted octanol–water partition coefficient (Wildman–Crippen LogP) is 2.94. The molecule has 1 amide bonds. The van der Waals surface area contributed by atoms with E-state index in [4.69, 9.17) is 0 Å². The van der Waals surface area contributed by atoms with E-state index in [9.17, 15) is 13.2 Å². The molecule has 0 atom stereocenters. The van der Waals surface area contributed by atoms with Crippen LogP contribution in [0.1, 0.15) is 5.82 Å². The van der Waals surface area contributed by atoms with Crippen LogP contribution in [0, 0.1) is 0 Å². The lowest BCUT2D eigenvalue weighted by Crippen LogP contribution is -2.20. The predicted molar refractivity (Wildman–Crippen MR) is 105 cm³/mol. The number of hydrogen-bond acceptors (Lipinski definition) is 5. The second-order valence-corrected chi connectivity index (χ2v) is 8.76. The van der Waals surface area contributed by atoms with Crippen molar-refractivity contribution < 1.29 is 13.2 Å². The minimum absolute atomic E-state index is 0.143. The molecule has 1 N–H and O–H groups in total.